The summed E-state index contributed by atoms with van der Waals surface area (Å²) < 4.78 is 10.7. The molecule has 0 amide bonds. The van der Waals surface area contributed by atoms with Crippen LogP contribution in [0.4, 0.5) is 0 Å². The van der Waals surface area contributed by atoms with E-state index in [4.69, 9.17) is 9.47 Å². The van der Waals surface area contributed by atoms with Gasteiger partial charge in [-0.05, 0) is 109 Å². The highest BCUT2D eigenvalue weighted by Gasteiger charge is 2.16. The van der Waals surface area contributed by atoms with E-state index in [2.05, 4.69) is 135 Å². The van der Waals surface area contributed by atoms with Crippen LogP contribution in [0.5, 0.6) is 0 Å². The number of esters is 2. The molecule has 0 aliphatic carbocycles. The summed E-state index contributed by atoms with van der Waals surface area (Å²) in [5.74, 6) is -0.595. The Hall–Kier alpha value is -3.70. The third-order valence-electron chi connectivity index (χ3n) is 13.7. The maximum absolute atomic E-state index is 12.3. The van der Waals surface area contributed by atoms with Gasteiger partial charge in [0, 0.05) is 12.8 Å². The van der Waals surface area contributed by atoms with E-state index in [9.17, 15) is 14.7 Å². The van der Waals surface area contributed by atoms with E-state index in [0.29, 0.717) is 12.8 Å². The Kier molecular flexibility index (Phi) is 62.4. The molecule has 76 heavy (non-hydrogen) atoms. The van der Waals surface area contributed by atoms with Crippen LogP contribution < -0.4 is 0 Å². The van der Waals surface area contributed by atoms with Crippen LogP contribution in [0, 0.1) is 0 Å². The Balaban J connectivity index is 3.52. The Bertz CT molecular complexity index is 1520. The number of unbranched alkanes of at least 4 members (excludes halogenated alkanes) is 30. The van der Waals surface area contributed by atoms with Crippen molar-refractivity contribution in [1.82, 2.24) is 0 Å². The molecule has 0 rings (SSSR count). The molecule has 1 atom stereocenters. The van der Waals surface area contributed by atoms with E-state index in [0.717, 1.165) is 103 Å². The van der Waals surface area contributed by atoms with Crippen LogP contribution in [0.1, 0.15) is 296 Å². The number of hydrogen-bond donors (Lipinski definition) is 1. The fourth-order valence-corrected chi connectivity index (χ4v) is 8.96. The maximum atomic E-state index is 12.3. The van der Waals surface area contributed by atoms with Crippen LogP contribution >= 0.6 is 0 Å². The fourth-order valence-electron chi connectivity index (χ4n) is 8.96. The molecular formula is C71H120O5. The molecule has 0 saturated heterocycles. The van der Waals surface area contributed by atoms with Gasteiger partial charge in [0.05, 0.1) is 6.61 Å². The van der Waals surface area contributed by atoms with Crippen molar-refractivity contribution in [1.29, 1.82) is 0 Å². The number of rotatable bonds is 58. The van der Waals surface area contributed by atoms with Crippen LogP contribution in [0.3, 0.4) is 0 Å². The quantitative estimate of drug-likeness (QED) is 0.0373. The second-order valence-electron chi connectivity index (χ2n) is 21.1. The molecule has 5 nitrogen and oxygen atoms in total. The zero-order chi connectivity index (χ0) is 54.8. The first kappa shape index (κ1) is 72.3. The van der Waals surface area contributed by atoms with E-state index in [1.54, 1.807) is 0 Å². The largest absolute Gasteiger partial charge is 0.462 e. The van der Waals surface area contributed by atoms with Crippen molar-refractivity contribution >= 4 is 11.9 Å². The number of aliphatic hydroxyl groups is 1. The summed E-state index contributed by atoms with van der Waals surface area (Å²) in [5.41, 5.74) is 0. The number of carbonyl (C=O) groups is 2. The normalized spacial score (nSPS) is 13.0. The van der Waals surface area contributed by atoms with Crippen molar-refractivity contribution in [3.63, 3.8) is 0 Å². The van der Waals surface area contributed by atoms with Gasteiger partial charge in [0.25, 0.3) is 0 Å². The molecule has 0 bridgehead atoms. The fraction of sp³-hybridized carbons (Fsp3) is 0.690. The smallest absolute Gasteiger partial charge is 0.306 e. The van der Waals surface area contributed by atoms with Crippen LogP contribution in [-0.2, 0) is 19.1 Å². The SMILES string of the molecule is CC/C=C\C/C=C\C/C=C\C/C=C\C/C=C\C/C=C\C/C=C\CCCCCCCCCCCC(=O)OC(CO)COC(=O)CCCCCCCCCCCCCCCCCC/C=C\C/C=C\C/C=C\CCCCCCC. The van der Waals surface area contributed by atoms with Crippen LogP contribution in [0.2, 0.25) is 0 Å². The van der Waals surface area contributed by atoms with Gasteiger partial charge in [0.1, 0.15) is 6.61 Å². The molecule has 5 heteroatoms. The molecular weight excluding hydrogens is 933 g/mol. The molecule has 0 aromatic heterocycles. The Labute approximate surface area is 471 Å². The molecule has 0 aromatic carbocycles. The minimum Gasteiger partial charge on any atom is -0.462 e. The van der Waals surface area contributed by atoms with E-state index in [-0.39, 0.29) is 25.2 Å². The molecule has 0 radical (unpaired) electrons. The lowest BCUT2D eigenvalue weighted by atomic mass is 10.0. The molecule has 0 heterocycles. The van der Waals surface area contributed by atoms with Gasteiger partial charge in [0.2, 0.25) is 0 Å². The second-order valence-corrected chi connectivity index (χ2v) is 21.1. The molecule has 434 valence electrons. The first-order chi connectivity index (χ1) is 37.6. The van der Waals surface area contributed by atoms with Crippen molar-refractivity contribution in [2.24, 2.45) is 0 Å². The number of allylic oxidation sites excluding steroid dienone is 20. The minimum absolute atomic E-state index is 0.0729. The molecule has 0 saturated carbocycles. The number of ether oxygens (including phenoxy) is 2. The van der Waals surface area contributed by atoms with Crippen molar-refractivity contribution in [3.8, 4) is 0 Å². The Morgan fingerprint density at radius 2 is 0.566 bits per heavy atom. The van der Waals surface area contributed by atoms with Gasteiger partial charge < -0.3 is 14.6 Å². The molecule has 1 unspecified atom stereocenters. The third-order valence-corrected chi connectivity index (χ3v) is 13.7. The molecule has 0 aliphatic heterocycles. The maximum Gasteiger partial charge on any atom is 0.306 e. The number of hydrogen-bond acceptors (Lipinski definition) is 5. The summed E-state index contributed by atoms with van der Waals surface area (Å²) >= 11 is 0. The van der Waals surface area contributed by atoms with Gasteiger partial charge in [-0.1, -0.05) is 296 Å². The number of carbonyl (C=O) groups excluding carboxylic acids is 2. The summed E-state index contributed by atoms with van der Waals surface area (Å²) in [6.07, 6.45) is 96.2. The highest BCUT2D eigenvalue weighted by atomic mass is 16.6. The average molecular weight is 1050 g/mol. The average Bonchev–Trinajstić information content (AvgIpc) is 3.42. The second kappa shape index (κ2) is 65.6. The predicted molar refractivity (Wildman–Crippen MR) is 334 cm³/mol. The van der Waals surface area contributed by atoms with E-state index < -0.39 is 6.10 Å². The monoisotopic (exact) mass is 1050 g/mol. The topological polar surface area (TPSA) is 72.8 Å². The van der Waals surface area contributed by atoms with Crippen molar-refractivity contribution in [3.05, 3.63) is 122 Å². The Morgan fingerprint density at radius 3 is 0.855 bits per heavy atom. The Morgan fingerprint density at radius 1 is 0.316 bits per heavy atom. The third kappa shape index (κ3) is 62.8. The van der Waals surface area contributed by atoms with Gasteiger partial charge in [-0.2, -0.15) is 0 Å². The molecule has 0 aromatic rings. The van der Waals surface area contributed by atoms with E-state index in [1.165, 1.54) is 167 Å². The molecule has 0 aliphatic rings. The highest BCUT2D eigenvalue weighted by molar-refractivity contribution is 5.70. The van der Waals surface area contributed by atoms with Gasteiger partial charge >= 0.3 is 11.9 Å². The summed E-state index contributed by atoms with van der Waals surface area (Å²) in [6, 6.07) is 0. The van der Waals surface area contributed by atoms with Gasteiger partial charge in [-0.3, -0.25) is 9.59 Å². The zero-order valence-electron chi connectivity index (χ0n) is 49.7. The lowest BCUT2D eigenvalue weighted by Gasteiger charge is -2.15. The molecule has 1 N–H and O–H groups in total. The summed E-state index contributed by atoms with van der Waals surface area (Å²) in [7, 11) is 0. The minimum atomic E-state index is -0.784. The van der Waals surface area contributed by atoms with Gasteiger partial charge in [-0.15, -0.1) is 0 Å². The van der Waals surface area contributed by atoms with Crippen molar-refractivity contribution in [2.75, 3.05) is 13.2 Å². The summed E-state index contributed by atoms with van der Waals surface area (Å²) in [5, 5.41) is 9.69. The highest BCUT2D eigenvalue weighted by Crippen LogP contribution is 2.16. The summed E-state index contributed by atoms with van der Waals surface area (Å²) in [4.78, 5) is 24.6. The zero-order valence-corrected chi connectivity index (χ0v) is 49.7. The van der Waals surface area contributed by atoms with Gasteiger partial charge in [0.15, 0.2) is 6.10 Å². The van der Waals surface area contributed by atoms with E-state index in [1.807, 2.05) is 0 Å². The van der Waals surface area contributed by atoms with Crippen molar-refractivity contribution in [2.45, 2.75) is 302 Å². The molecule has 0 spiro atoms. The molecule has 0 fully saturated rings. The lowest BCUT2D eigenvalue weighted by Crippen LogP contribution is -2.28. The number of aliphatic hydroxyl groups excluding tert-OH is 1. The standard InChI is InChI=1S/C71H120O5/c1-3-5-7-9-11-13-15-17-19-21-23-25-27-29-31-33-35-37-39-41-43-45-47-49-51-53-55-57-59-61-63-65-70(73)75-68-69(67-72)76-71(74)66-64-62-60-58-56-54-52-50-48-46-44-42-40-38-36-34-32-30-28-26-24-22-20-18-16-14-12-10-8-6-4-2/h6,8,12,14-15,17-18,20-21,23-24,26-27,29-30,32,36,38,42,44,69,72H,3-5,7,9-11,13,16,19,22,25,28,31,33-35,37,39-41,43,45-68H2,1-2H3/b8-6-,14-12-,17-15-,20-18-,23-21-,26-24-,29-27-,32-30-,38-36-,44-42-. The van der Waals surface area contributed by atoms with E-state index >= 15 is 0 Å². The van der Waals surface area contributed by atoms with Crippen LogP contribution in [0.25, 0.3) is 0 Å². The predicted octanol–water partition coefficient (Wildman–Crippen LogP) is 22.2. The lowest BCUT2D eigenvalue weighted by molar-refractivity contribution is -0.161. The van der Waals surface area contributed by atoms with Crippen LogP contribution in [0.15, 0.2) is 122 Å². The van der Waals surface area contributed by atoms with Gasteiger partial charge in [-0.25, -0.2) is 0 Å². The first-order valence-corrected chi connectivity index (χ1v) is 32.1. The first-order valence-electron chi connectivity index (χ1n) is 32.1. The van der Waals surface area contributed by atoms with Crippen molar-refractivity contribution < 1.29 is 24.2 Å². The van der Waals surface area contributed by atoms with Crippen LogP contribution in [-0.4, -0.2) is 36.4 Å². The summed E-state index contributed by atoms with van der Waals surface area (Å²) in [6.45, 7) is 4.03.